The molecule has 0 saturated carbocycles. The minimum absolute atomic E-state index is 1.47. The molecular formula is C3H9ClI-. The molecule has 0 heterocycles. The molecule has 0 nitrogen and oxygen atoms in total. The molecule has 36 valence electrons. The Morgan fingerprint density at radius 1 is 1.20 bits per heavy atom. The Morgan fingerprint density at radius 2 is 1.20 bits per heavy atom. The molecule has 0 N–H and O–H groups in total. The predicted molar refractivity (Wildman–Crippen MR) is 23.6 cm³/mol. The van der Waals surface area contributed by atoms with E-state index in [9.17, 15) is 0 Å². The van der Waals surface area contributed by atoms with Crippen molar-refractivity contribution in [2.75, 3.05) is 14.8 Å². The summed E-state index contributed by atoms with van der Waals surface area (Å²) in [5.74, 6) is 0. The zero-order chi connectivity index (χ0) is 4.50. The van der Waals surface area contributed by atoms with Crippen molar-refractivity contribution < 1.29 is 17.3 Å². The van der Waals surface area contributed by atoms with Gasteiger partial charge in [0.15, 0.2) is 0 Å². The first-order valence-electron chi connectivity index (χ1n) is 1.28. The van der Waals surface area contributed by atoms with Gasteiger partial charge in [-0.05, 0) is 0 Å². The zero-order valence-electron chi connectivity index (χ0n) is 3.76. The van der Waals surface area contributed by atoms with Crippen LogP contribution in [0, 0.1) is 0 Å². The van der Waals surface area contributed by atoms with Crippen LogP contribution in [0.5, 0.6) is 0 Å². The molecule has 0 aliphatic heterocycles. The molecule has 0 amide bonds. The Bertz CT molecular complexity index is 22.4. The van der Waals surface area contributed by atoms with Gasteiger partial charge in [-0.1, -0.05) is 0 Å². The molecule has 0 radical (unpaired) electrons. The van der Waals surface area contributed by atoms with E-state index < -0.39 is 17.3 Å². The average Bonchev–Trinajstić information content (AvgIpc) is 0.722. The van der Waals surface area contributed by atoms with E-state index in [2.05, 4.69) is 14.8 Å². The second kappa shape index (κ2) is 1.65. The fraction of sp³-hybridized carbons (Fsp3) is 1.00. The molecule has 5 heavy (non-hydrogen) atoms. The van der Waals surface area contributed by atoms with Gasteiger partial charge in [0.1, 0.15) is 0 Å². The number of hydrogen-bond donors (Lipinski definition) is 0. The maximum atomic E-state index is 5.71. The molecule has 0 aromatic rings. The second-order valence-electron chi connectivity index (χ2n) is 1.56. The van der Waals surface area contributed by atoms with E-state index in [1.54, 1.807) is 0 Å². The fourth-order valence-electron chi connectivity index (χ4n) is 0. The van der Waals surface area contributed by atoms with Gasteiger partial charge in [0.2, 0.25) is 0 Å². The van der Waals surface area contributed by atoms with Gasteiger partial charge in [-0.15, -0.1) is 0 Å². The first-order valence-corrected chi connectivity index (χ1v) is 10.5. The van der Waals surface area contributed by atoms with Crippen LogP contribution in [0.3, 0.4) is 0 Å². The molecule has 0 aromatic carbocycles. The Hall–Kier alpha value is 1.02. The van der Waals surface area contributed by atoms with Crippen molar-refractivity contribution in [1.82, 2.24) is 0 Å². The predicted octanol–water partition coefficient (Wildman–Crippen LogP) is -1.81. The average molecular weight is 207 g/mol. The van der Waals surface area contributed by atoms with Crippen molar-refractivity contribution in [2.45, 2.75) is 0 Å². The summed E-state index contributed by atoms with van der Waals surface area (Å²) in [5, 5.41) is 0. The van der Waals surface area contributed by atoms with Crippen LogP contribution in [0.1, 0.15) is 0 Å². The summed E-state index contributed by atoms with van der Waals surface area (Å²) in [5.41, 5.74) is 0. The standard InChI is InChI=1S/C3H9ClI/c1-5(2,3)4/h1-3H3/q-1. The van der Waals surface area contributed by atoms with Crippen molar-refractivity contribution in [1.29, 1.82) is 0 Å². The number of halogens is 2. The summed E-state index contributed by atoms with van der Waals surface area (Å²) in [6.45, 7) is 0. The summed E-state index contributed by atoms with van der Waals surface area (Å²) >= 11 is -1.47. The molecule has 0 unspecified atom stereocenters. The first-order chi connectivity index (χ1) is 2.00. The molecule has 2 heteroatoms. The van der Waals surface area contributed by atoms with Crippen LogP contribution in [0.4, 0.5) is 0 Å². The summed E-state index contributed by atoms with van der Waals surface area (Å²) < 4.78 is 0. The quantitative estimate of drug-likeness (QED) is 0.325. The summed E-state index contributed by atoms with van der Waals surface area (Å²) in [4.78, 5) is 6.40. The van der Waals surface area contributed by atoms with Crippen molar-refractivity contribution in [3.8, 4) is 0 Å². The molecule has 0 spiro atoms. The molecule has 0 rings (SSSR count). The van der Waals surface area contributed by atoms with Crippen LogP contribution in [0.15, 0.2) is 0 Å². The van der Waals surface area contributed by atoms with Crippen molar-refractivity contribution in [3.63, 3.8) is 0 Å². The summed E-state index contributed by atoms with van der Waals surface area (Å²) in [7, 11) is 5.71. The van der Waals surface area contributed by atoms with E-state index in [4.69, 9.17) is 8.91 Å². The van der Waals surface area contributed by atoms with E-state index >= 15 is 0 Å². The van der Waals surface area contributed by atoms with Gasteiger partial charge < -0.3 is 0 Å². The molecule has 0 saturated heterocycles. The number of hydrogen-bond acceptors (Lipinski definition) is 0. The van der Waals surface area contributed by atoms with Crippen molar-refractivity contribution >= 4 is 8.91 Å². The van der Waals surface area contributed by atoms with Gasteiger partial charge in [-0.3, -0.25) is 0 Å². The molecule has 0 fully saturated rings. The molecule has 0 aliphatic rings. The normalized spacial score (nSPS) is 15.2. The van der Waals surface area contributed by atoms with Crippen molar-refractivity contribution in [2.24, 2.45) is 0 Å². The second-order valence-corrected chi connectivity index (χ2v) is 16.2. The Balaban J connectivity index is 3.02. The van der Waals surface area contributed by atoms with Gasteiger partial charge in [-0.25, -0.2) is 0 Å². The molecule has 0 aromatic heterocycles. The third-order valence-corrected chi connectivity index (χ3v) is 0. The maximum absolute atomic E-state index is 5.71. The SMILES string of the molecule is C[I-](C)(C)Cl. The topological polar surface area (TPSA) is 0 Å². The van der Waals surface area contributed by atoms with Gasteiger partial charge in [0.25, 0.3) is 0 Å². The van der Waals surface area contributed by atoms with Crippen LogP contribution in [0.25, 0.3) is 0 Å². The van der Waals surface area contributed by atoms with Gasteiger partial charge in [0, 0.05) is 0 Å². The summed E-state index contributed by atoms with van der Waals surface area (Å²) in [6.07, 6.45) is 0. The molecule has 0 bridgehead atoms. The number of rotatable bonds is 0. The fourth-order valence-corrected chi connectivity index (χ4v) is 0. The van der Waals surface area contributed by atoms with E-state index in [0.717, 1.165) is 0 Å². The molecule has 0 atom stereocenters. The Labute approximate surface area is 41.1 Å². The van der Waals surface area contributed by atoms with E-state index in [0.29, 0.717) is 0 Å². The van der Waals surface area contributed by atoms with Crippen LogP contribution < -0.4 is 17.3 Å². The number of alkyl halides is 3. The Kier molecular flexibility index (Phi) is 1.98. The third kappa shape index (κ3) is 44.0. The van der Waals surface area contributed by atoms with E-state index in [-0.39, 0.29) is 0 Å². The monoisotopic (exact) mass is 207 g/mol. The van der Waals surface area contributed by atoms with Gasteiger partial charge >= 0.3 is 41.0 Å². The minimum atomic E-state index is -1.47. The van der Waals surface area contributed by atoms with Gasteiger partial charge in [0.05, 0.1) is 0 Å². The Morgan fingerprint density at radius 3 is 1.20 bits per heavy atom. The molecular weight excluding hydrogens is 198 g/mol. The molecule has 0 aliphatic carbocycles. The summed E-state index contributed by atoms with van der Waals surface area (Å²) in [6, 6.07) is 0. The first kappa shape index (κ1) is 6.02. The van der Waals surface area contributed by atoms with Crippen molar-refractivity contribution in [3.05, 3.63) is 0 Å². The van der Waals surface area contributed by atoms with Crippen LogP contribution in [-0.2, 0) is 0 Å². The van der Waals surface area contributed by atoms with Crippen LogP contribution >= 0.6 is 8.91 Å². The van der Waals surface area contributed by atoms with Crippen LogP contribution in [-0.4, -0.2) is 14.8 Å². The zero-order valence-corrected chi connectivity index (χ0v) is 6.67. The van der Waals surface area contributed by atoms with E-state index in [1.807, 2.05) is 0 Å². The van der Waals surface area contributed by atoms with E-state index in [1.165, 1.54) is 0 Å². The van der Waals surface area contributed by atoms with Gasteiger partial charge in [-0.2, -0.15) is 0 Å². The third-order valence-electron chi connectivity index (χ3n) is 0. The van der Waals surface area contributed by atoms with Crippen LogP contribution in [0.2, 0.25) is 0 Å².